The lowest BCUT2D eigenvalue weighted by atomic mass is 10.1. The molecule has 0 aliphatic heterocycles. The Kier molecular flexibility index (Phi) is 6.36. The van der Waals surface area contributed by atoms with E-state index in [1.165, 1.54) is 44.6 Å². The molecule has 3 aromatic carbocycles. The Morgan fingerprint density at radius 2 is 1.58 bits per heavy atom. The van der Waals surface area contributed by atoms with E-state index in [9.17, 15) is 13.2 Å². The Hall–Kier alpha value is -3.72. The molecule has 31 heavy (non-hydrogen) atoms. The second-order valence-electron chi connectivity index (χ2n) is 6.62. The Morgan fingerprint density at radius 3 is 2.23 bits per heavy atom. The van der Waals surface area contributed by atoms with Crippen LogP contribution < -0.4 is 19.9 Å². The van der Waals surface area contributed by atoms with Crippen molar-refractivity contribution in [1.82, 2.24) is 0 Å². The standard InChI is InChI=1S/C22H22N2O6S/c1-14-4-8-17(9-5-14)31(26,27)24-20-11-7-15(12-18(20)22(25)29-3)30-16-6-10-19(23)21(13-16)28-2/h4-13,24H,23H2,1-3H3. The van der Waals surface area contributed by atoms with Gasteiger partial charge in [-0.3, -0.25) is 4.72 Å². The first-order chi connectivity index (χ1) is 14.7. The van der Waals surface area contributed by atoms with Crippen LogP contribution >= 0.6 is 0 Å². The summed E-state index contributed by atoms with van der Waals surface area (Å²) in [5.41, 5.74) is 7.24. The molecule has 3 N–H and O–H groups in total. The number of carbonyl (C=O) groups excluding carboxylic acids is 1. The molecule has 0 saturated heterocycles. The number of nitrogen functional groups attached to an aromatic ring is 1. The van der Waals surface area contributed by atoms with Crippen LogP contribution in [-0.4, -0.2) is 28.6 Å². The fraction of sp³-hybridized carbons (Fsp3) is 0.136. The van der Waals surface area contributed by atoms with Gasteiger partial charge in [0.1, 0.15) is 17.2 Å². The number of benzene rings is 3. The van der Waals surface area contributed by atoms with Crippen LogP contribution in [0.3, 0.4) is 0 Å². The first-order valence-electron chi connectivity index (χ1n) is 9.16. The third-order valence-electron chi connectivity index (χ3n) is 4.41. The quantitative estimate of drug-likeness (QED) is 0.420. The molecule has 162 valence electrons. The molecule has 0 bridgehead atoms. The molecule has 0 fully saturated rings. The van der Waals surface area contributed by atoms with E-state index in [4.69, 9.17) is 19.9 Å². The largest absolute Gasteiger partial charge is 0.494 e. The zero-order valence-corrected chi connectivity index (χ0v) is 18.0. The second-order valence-corrected chi connectivity index (χ2v) is 8.31. The average molecular weight is 442 g/mol. The maximum atomic E-state index is 12.7. The van der Waals surface area contributed by atoms with Crippen molar-refractivity contribution in [2.24, 2.45) is 0 Å². The van der Waals surface area contributed by atoms with Crippen molar-refractivity contribution in [3.63, 3.8) is 0 Å². The lowest BCUT2D eigenvalue weighted by molar-refractivity contribution is 0.0601. The van der Waals surface area contributed by atoms with Gasteiger partial charge in [0.05, 0.1) is 36.1 Å². The minimum Gasteiger partial charge on any atom is -0.494 e. The Labute approximate surface area is 180 Å². The molecule has 3 rings (SSSR count). The molecule has 3 aromatic rings. The molecule has 0 heterocycles. The minimum absolute atomic E-state index is 0.00176. The van der Waals surface area contributed by atoms with Crippen LogP contribution in [0.25, 0.3) is 0 Å². The van der Waals surface area contributed by atoms with Crippen molar-refractivity contribution in [1.29, 1.82) is 0 Å². The summed E-state index contributed by atoms with van der Waals surface area (Å²) >= 11 is 0. The van der Waals surface area contributed by atoms with Gasteiger partial charge in [-0.05, 0) is 49.4 Å². The highest BCUT2D eigenvalue weighted by molar-refractivity contribution is 7.92. The predicted octanol–water partition coefficient (Wildman–Crippen LogP) is 3.97. The van der Waals surface area contributed by atoms with Gasteiger partial charge in [0.15, 0.2) is 0 Å². The number of aryl methyl sites for hydroxylation is 1. The lowest BCUT2D eigenvalue weighted by Crippen LogP contribution is -2.16. The molecule has 0 amide bonds. The molecule has 0 aliphatic rings. The van der Waals surface area contributed by atoms with Gasteiger partial charge in [0.2, 0.25) is 0 Å². The number of esters is 1. The second kappa shape index (κ2) is 8.97. The highest BCUT2D eigenvalue weighted by Crippen LogP contribution is 2.32. The van der Waals surface area contributed by atoms with E-state index >= 15 is 0 Å². The molecule has 0 saturated carbocycles. The first-order valence-corrected chi connectivity index (χ1v) is 10.6. The Balaban J connectivity index is 1.93. The van der Waals surface area contributed by atoms with Gasteiger partial charge in [-0.2, -0.15) is 0 Å². The van der Waals surface area contributed by atoms with E-state index in [0.29, 0.717) is 22.9 Å². The summed E-state index contributed by atoms with van der Waals surface area (Å²) in [6.45, 7) is 1.86. The van der Waals surface area contributed by atoms with Gasteiger partial charge >= 0.3 is 5.97 Å². The van der Waals surface area contributed by atoms with E-state index in [0.717, 1.165) is 5.56 Å². The van der Waals surface area contributed by atoms with Gasteiger partial charge in [-0.15, -0.1) is 0 Å². The number of sulfonamides is 1. The zero-order valence-electron chi connectivity index (χ0n) is 17.2. The molecule has 8 nitrogen and oxygen atoms in total. The maximum absolute atomic E-state index is 12.7. The third kappa shape index (κ3) is 5.07. The van der Waals surface area contributed by atoms with Crippen molar-refractivity contribution in [2.75, 3.05) is 24.7 Å². The fourth-order valence-electron chi connectivity index (χ4n) is 2.77. The molecule has 0 aromatic heterocycles. The molecule has 0 spiro atoms. The van der Waals surface area contributed by atoms with Crippen molar-refractivity contribution in [3.8, 4) is 17.2 Å². The Bertz CT molecular complexity index is 1210. The van der Waals surface area contributed by atoms with Crippen molar-refractivity contribution >= 4 is 27.4 Å². The minimum atomic E-state index is -3.91. The number of hydrogen-bond donors (Lipinski definition) is 2. The number of anilines is 2. The SMILES string of the molecule is COC(=O)c1cc(Oc2ccc(N)c(OC)c2)ccc1NS(=O)(=O)c1ccc(C)cc1. The summed E-state index contributed by atoms with van der Waals surface area (Å²) in [6, 6.07) is 15.6. The molecule has 9 heteroatoms. The van der Waals surface area contributed by atoms with Gasteiger partial charge in [-0.1, -0.05) is 17.7 Å². The lowest BCUT2D eigenvalue weighted by Gasteiger charge is -2.14. The number of nitrogens with two attached hydrogens (primary N) is 1. The van der Waals surface area contributed by atoms with Gasteiger partial charge in [-0.25, -0.2) is 13.2 Å². The van der Waals surface area contributed by atoms with Crippen LogP contribution in [0, 0.1) is 6.92 Å². The monoisotopic (exact) mass is 442 g/mol. The van der Waals surface area contributed by atoms with Crippen LogP contribution in [0.2, 0.25) is 0 Å². The Morgan fingerprint density at radius 1 is 0.935 bits per heavy atom. The van der Waals surface area contributed by atoms with Gasteiger partial charge in [0.25, 0.3) is 10.0 Å². The number of hydrogen-bond acceptors (Lipinski definition) is 7. The number of nitrogens with one attached hydrogen (secondary N) is 1. The van der Waals surface area contributed by atoms with Crippen molar-refractivity contribution in [2.45, 2.75) is 11.8 Å². The predicted molar refractivity (Wildman–Crippen MR) is 117 cm³/mol. The van der Waals surface area contributed by atoms with E-state index < -0.39 is 16.0 Å². The number of methoxy groups -OCH3 is 2. The topological polar surface area (TPSA) is 117 Å². The maximum Gasteiger partial charge on any atom is 0.340 e. The molecule has 0 aliphatic carbocycles. The van der Waals surface area contributed by atoms with E-state index in [1.807, 2.05) is 6.92 Å². The number of carbonyl (C=O) groups is 1. The van der Waals surface area contributed by atoms with Gasteiger partial charge in [0, 0.05) is 6.07 Å². The molecule has 0 unspecified atom stereocenters. The van der Waals surface area contributed by atoms with Crippen LogP contribution in [-0.2, 0) is 14.8 Å². The average Bonchev–Trinajstić information content (AvgIpc) is 2.75. The highest BCUT2D eigenvalue weighted by atomic mass is 32.2. The molecule has 0 radical (unpaired) electrons. The van der Waals surface area contributed by atoms with E-state index in [2.05, 4.69) is 4.72 Å². The first kappa shape index (κ1) is 22.0. The number of rotatable bonds is 7. The summed E-state index contributed by atoms with van der Waals surface area (Å²) in [6.07, 6.45) is 0. The van der Waals surface area contributed by atoms with Crippen LogP contribution in [0.1, 0.15) is 15.9 Å². The molecular formula is C22H22N2O6S. The number of ether oxygens (including phenoxy) is 3. The summed E-state index contributed by atoms with van der Waals surface area (Å²) < 4.78 is 43.7. The third-order valence-corrected chi connectivity index (χ3v) is 5.79. The van der Waals surface area contributed by atoms with Crippen LogP contribution in [0.5, 0.6) is 17.2 Å². The molecular weight excluding hydrogens is 420 g/mol. The van der Waals surface area contributed by atoms with Crippen LogP contribution in [0.15, 0.2) is 65.6 Å². The summed E-state index contributed by atoms with van der Waals surface area (Å²) in [5.74, 6) is 0.440. The van der Waals surface area contributed by atoms with Crippen molar-refractivity contribution in [3.05, 3.63) is 71.8 Å². The summed E-state index contributed by atoms with van der Waals surface area (Å²) in [5, 5.41) is 0. The van der Waals surface area contributed by atoms with Gasteiger partial charge < -0.3 is 19.9 Å². The highest BCUT2D eigenvalue weighted by Gasteiger charge is 2.20. The fourth-order valence-corrected chi connectivity index (χ4v) is 3.85. The summed E-state index contributed by atoms with van der Waals surface area (Å²) in [7, 11) is -1.22. The van der Waals surface area contributed by atoms with Crippen LogP contribution in [0.4, 0.5) is 11.4 Å². The van der Waals surface area contributed by atoms with Crippen molar-refractivity contribution < 1.29 is 27.4 Å². The summed E-state index contributed by atoms with van der Waals surface area (Å²) in [4.78, 5) is 12.4. The smallest absolute Gasteiger partial charge is 0.340 e. The normalized spacial score (nSPS) is 10.9. The molecule has 0 atom stereocenters. The zero-order chi connectivity index (χ0) is 22.6. The van der Waals surface area contributed by atoms with E-state index in [1.54, 1.807) is 30.3 Å². The van der Waals surface area contributed by atoms with E-state index in [-0.39, 0.29) is 16.1 Å².